The van der Waals surface area contributed by atoms with Gasteiger partial charge in [-0.25, -0.2) is 8.78 Å². The minimum Gasteiger partial charge on any atom is -0.384 e. The van der Waals surface area contributed by atoms with E-state index < -0.39 is 11.6 Å². The van der Waals surface area contributed by atoms with Crippen LogP contribution in [-0.2, 0) is 0 Å². The number of benzene rings is 1. The lowest BCUT2D eigenvalue weighted by Crippen LogP contribution is -2.04. The van der Waals surface area contributed by atoms with E-state index in [0.717, 1.165) is 12.6 Å². The molecule has 0 radical (unpaired) electrons. The summed E-state index contributed by atoms with van der Waals surface area (Å²) in [6.45, 7) is 0.793. The summed E-state index contributed by atoms with van der Waals surface area (Å²) in [6, 6.07) is 2.17. The highest BCUT2D eigenvalue weighted by Crippen LogP contribution is 2.31. The van der Waals surface area contributed by atoms with Crippen molar-refractivity contribution >= 4 is 21.6 Å². The monoisotopic (exact) mass is 261 g/mol. The summed E-state index contributed by atoms with van der Waals surface area (Å²) >= 11 is 3.08. The van der Waals surface area contributed by atoms with E-state index in [4.69, 9.17) is 0 Å². The Labute approximate surface area is 89.6 Å². The van der Waals surface area contributed by atoms with E-state index in [1.54, 1.807) is 0 Å². The Morgan fingerprint density at radius 3 is 2.71 bits per heavy atom. The van der Waals surface area contributed by atoms with Gasteiger partial charge in [-0.2, -0.15) is 0 Å². The lowest BCUT2D eigenvalue weighted by atomic mass is 10.3. The molecular weight excluding hydrogens is 252 g/mol. The van der Waals surface area contributed by atoms with Crippen molar-refractivity contribution in [2.45, 2.75) is 12.8 Å². The Balaban J connectivity index is 2.13. The second-order valence-corrected chi connectivity index (χ2v) is 4.37. The van der Waals surface area contributed by atoms with E-state index in [-0.39, 0.29) is 0 Å². The van der Waals surface area contributed by atoms with Crippen LogP contribution in [0.1, 0.15) is 12.8 Å². The van der Waals surface area contributed by atoms with Crippen LogP contribution >= 0.6 is 15.9 Å². The van der Waals surface area contributed by atoms with Crippen LogP contribution in [0.15, 0.2) is 16.6 Å². The van der Waals surface area contributed by atoms with Gasteiger partial charge < -0.3 is 5.32 Å². The fraction of sp³-hybridized carbons (Fsp3) is 0.400. The average Bonchev–Trinajstić information content (AvgIpc) is 2.92. The van der Waals surface area contributed by atoms with Crippen molar-refractivity contribution in [3.05, 3.63) is 28.2 Å². The van der Waals surface area contributed by atoms with Crippen molar-refractivity contribution in [1.82, 2.24) is 0 Å². The number of anilines is 1. The lowest BCUT2D eigenvalue weighted by molar-refractivity contribution is 0.579. The predicted molar refractivity (Wildman–Crippen MR) is 55.3 cm³/mol. The molecule has 0 amide bonds. The molecular formula is C10H10BrF2N. The fourth-order valence-electron chi connectivity index (χ4n) is 1.26. The molecule has 14 heavy (non-hydrogen) atoms. The fourth-order valence-corrected chi connectivity index (χ4v) is 1.63. The number of hydrogen-bond acceptors (Lipinski definition) is 1. The number of hydrogen-bond donors (Lipinski definition) is 1. The summed E-state index contributed by atoms with van der Waals surface area (Å²) in [4.78, 5) is 0. The summed E-state index contributed by atoms with van der Waals surface area (Å²) in [7, 11) is 0. The van der Waals surface area contributed by atoms with Crippen LogP contribution in [0.3, 0.4) is 0 Å². The van der Waals surface area contributed by atoms with E-state index in [2.05, 4.69) is 21.2 Å². The Morgan fingerprint density at radius 2 is 2.07 bits per heavy atom. The minimum atomic E-state index is -0.566. The molecule has 0 atom stereocenters. The molecule has 0 unspecified atom stereocenters. The zero-order valence-corrected chi connectivity index (χ0v) is 9.07. The van der Waals surface area contributed by atoms with E-state index in [1.165, 1.54) is 18.9 Å². The van der Waals surface area contributed by atoms with Crippen molar-refractivity contribution in [2.75, 3.05) is 11.9 Å². The van der Waals surface area contributed by atoms with E-state index in [9.17, 15) is 8.78 Å². The van der Waals surface area contributed by atoms with Gasteiger partial charge >= 0.3 is 0 Å². The van der Waals surface area contributed by atoms with Crippen LogP contribution in [0.4, 0.5) is 14.5 Å². The maximum absolute atomic E-state index is 13.1. The van der Waals surface area contributed by atoms with Crippen LogP contribution in [0.2, 0.25) is 0 Å². The third kappa shape index (κ3) is 2.23. The molecule has 1 N–H and O–H groups in total. The number of halogens is 3. The molecule has 1 aliphatic rings. The van der Waals surface area contributed by atoms with Gasteiger partial charge in [0.05, 0.1) is 10.2 Å². The first-order valence-corrected chi connectivity index (χ1v) is 5.34. The van der Waals surface area contributed by atoms with Crippen LogP contribution in [0.5, 0.6) is 0 Å². The molecule has 0 saturated heterocycles. The third-order valence-corrected chi connectivity index (χ3v) is 3.08. The molecule has 0 aliphatic heterocycles. The van der Waals surface area contributed by atoms with Gasteiger partial charge in [0.2, 0.25) is 0 Å². The Kier molecular flexibility index (Phi) is 2.72. The van der Waals surface area contributed by atoms with Crippen LogP contribution in [0.25, 0.3) is 0 Å². The van der Waals surface area contributed by atoms with Crippen molar-refractivity contribution in [2.24, 2.45) is 5.92 Å². The standard InChI is InChI=1S/C10H10BrF2N/c11-10-8(13)3-7(12)4-9(10)14-5-6-1-2-6/h3-4,6,14H,1-2,5H2. The van der Waals surface area contributed by atoms with Crippen molar-refractivity contribution in [1.29, 1.82) is 0 Å². The van der Waals surface area contributed by atoms with Gasteiger partial charge in [-0.1, -0.05) is 0 Å². The van der Waals surface area contributed by atoms with E-state index in [1.807, 2.05) is 0 Å². The summed E-state index contributed by atoms with van der Waals surface area (Å²) in [5.74, 6) is -0.444. The second-order valence-electron chi connectivity index (χ2n) is 3.57. The zero-order chi connectivity index (χ0) is 10.1. The van der Waals surface area contributed by atoms with Gasteiger partial charge in [0.25, 0.3) is 0 Å². The molecule has 1 aliphatic carbocycles. The Bertz CT molecular complexity index is 350. The van der Waals surface area contributed by atoms with Gasteiger partial charge in [-0.05, 0) is 40.8 Å². The first kappa shape index (κ1) is 9.90. The highest BCUT2D eigenvalue weighted by atomic mass is 79.9. The third-order valence-electron chi connectivity index (χ3n) is 2.27. The zero-order valence-electron chi connectivity index (χ0n) is 7.49. The molecule has 1 aromatic rings. The Hall–Kier alpha value is -0.640. The normalized spacial score (nSPS) is 15.6. The molecule has 1 fully saturated rings. The Morgan fingerprint density at radius 1 is 1.36 bits per heavy atom. The molecule has 76 valence electrons. The van der Waals surface area contributed by atoms with Crippen molar-refractivity contribution in [3.8, 4) is 0 Å². The van der Waals surface area contributed by atoms with Gasteiger partial charge in [-0.3, -0.25) is 0 Å². The van der Waals surface area contributed by atoms with Gasteiger partial charge in [0.1, 0.15) is 11.6 Å². The van der Waals surface area contributed by atoms with Crippen LogP contribution in [-0.4, -0.2) is 6.54 Å². The SMILES string of the molecule is Fc1cc(F)c(Br)c(NCC2CC2)c1. The highest BCUT2D eigenvalue weighted by molar-refractivity contribution is 9.10. The lowest BCUT2D eigenvalue weighted by Gasteiger charge is -2.08. The predicted octanol–water partition coefficient (Wildman–Crippen LogP) is 3.55. The molecule has 0 heterocycles. The maximum Gasteiger partial charge on any atom is 0.142 e. The van der Waals surface area contributed by atoms with Crippen molar-refractivity contribution in [3.63, 3.8) is 0 Å². The quantitative estimate of drug-likeness (QED) is 0.821. The molecule has 1 saturated carbocycles. The summed E-state index contributed by atoms with van der Waals surface area (Å²) < 4.78 is 26.2. The van der Waals surface area contributed by atoms with Crippen LogP contribution in [0, 0.1) is 17.6 Å². The molecule has 1 nitrogen and oxygen atoms in total. The van der Waals surface area contributed by atoms with Gasteiger partial charge in [0.15, 0.2) is 0 Å². The maximum atomic E-state index is 13.1. The summed E-state index contributed by atoms with van der Waals surface area (Å²) in [5, 5.41) is 3.03. The second kappa shape index (κ2) is 3.85. The van der Waals surface area contributed by atoms with Crippen LogP contribution < -0.4 is 5.32 Å². The minimum absolute atomic E-state index is 0.305. The van der Waals surface area contributed by atoms with Crippen molar-refractivity contribution < 1.29 is 8.78 Å². The number of rotatable bonds is 3. The highest BCUT2D eigenvalue weighted by Gasteiger charge is 2.21. The molecule has 0 aromatic heterocycles. The van der Waals surface area contributed by atoms with E-state index >= 15 is 0 Å². The number of nitrogens with one attached hydrogen (secondary N) is 1. The summed E-state index contributed by atoms with van der Waals surface area (Å²) in [5.41, 5.74) is 0.495. The van der Waals surface area contributed by atoms with Gasteiger partial charge in [-0.15, -0.1) is 0 Å². The summed E-state index contributed by atoms with van der Waals surface area (Å²) in [6.07, 6.45) is 2.42. The molecule has 4 heteroatoms. The van der Waals surface area contributed by atoms with Gasteiger partial charge in [0, 0.05) is 12.6 Å². The van der Waals surface area contributed by atoms with E-state index in [0.29, 0.717) is 16.1 Å². The topological polar surface area (TPSA) is 12.0 Å². The molecule has 1 aromatic carbocycles. The first-order valence-electron chi connectivity index (χ1n) is 4.55. The largest absolute Gasteiger partial charge is 0.384 e. The molecule has 0 spiro atoms. The molecule has 2 rings (SSSR count). The first-order chi connectivity index (χ1) is 6.66. The smallest absolute Gasteiger partial charge is 0.142 e. The molecule has 0 bridgehead atoms. The average molecular weight is 262 g/mol.